The summed E-state index contributed by atoms with van der Waals surface area (Å²) in [4.78, 5) is 12.7. The van der Waals surface area contributed by atoms with Crippen molar-refractivity contribution in [2.45, 2.75) is 26.2 Å². The Kier molecular flexibility index (Phi) is 4.99. The van der Waals surface area contributed by atoms with Crippen molar-refractivity contribution >= 4 is 17.3 Å². The predicted molar refractivity (Wildman–Crippen MR) is 88.1 cm³/mol. The Balaban J connectivity index is 2.25. The zero-order chi connectivity index (χ0) is 15.2. The average molecular weight is 282 g/mol. The van der Waals surface area contributed by atoms with Gasteiger partial charge in [-0.1, -0.05) is 62.7 Å². The van der Waals surface area contributed by atoms with Crippen LogP contribution in [0, 0.1) is 5.92 Å². The number of anilines is 2. The smallest absolute Gasteiger partial charge is 0.232 e. The fourth-order valence-corrected chi connectivity index (χ4v) is 2.46. The van der Waals surface area contributed by atoms with E-state index < -0.39 is 0 Å². The normalized spacial score (nSPS) is 13.4. The highest BCUT2D eigenvalue weighted by Crippen LogP contribution is 2.29. The molecule has 0 heterocycles. The first-order valence-electron chi connectivity index (χ1n) is 7.33. The molecule has 2 aromatic rings. The number of benzene rings is 2. The van der Waals surface area contributed by atoms with Crippen LogP contribution in [0.2, 0.25) is 0 Å². The molecule has 0 saturated heterocycles. The van der Waals surface area contributed by atoms with E-state index in [1.54, 1.807) is 6.07 Å². The van der Waals surface area contributed by atoms with E-state index in [1.807, 2.05) is 48.5 Å². The summed E-state index contributed by atoms with van der Waals surface area (Å²) in [5.41, 5.74) is 8.20. The Morgan fingerprint density at radius 3 is 2.33 bits per heavy atom. The van der Waals surface area contributed by atoms with Crippen molar-refractivity contribution in [1.82, 2.24) is 0 Å². The maximum absolute atomic E-state index is 12.7. The number of nitrogen functional groups attached to an aromatic ring is 1. The molecule has 1 amide bonds. The van der Waals surface area contributed by atoms with Crippen LogP contribution in [0.25, 0.3) is 0 Å². The zero-order valence-electron chi connectivity index (χ0n) is 12.5. The third-order valence-corrected chi connectivity index (χ3v) is 3.87. The first-order chi connectivity index (χ1) is 10.1. The molecule has 0 aliphatic heterocycles. The summed E-state index contributed by atoms with van der Waals surface area (Å²) in [6.07, 6.45) is 0.942. The quantitative estimate of drug-likeness (QED) is 0.813. The van der Waals surface area contributed by atoms with Crippen LogP contribution in [-0.4, -0.2) is 5.91 Å². The summed E-state index contributed by atoms with van der Waals surface area (Å²) in [5.74, 6) is 0.0848. The van der Waals surface area contributed by atoms with Gasteiger partial charge in [0.05, 0.1) is 17.3 Å². The summed E-state index contributed by atoms with van der Waals surface area (Å²) in [6, 6.07) is 17.2. The predicted octanol–water partition coefficient (Wildman–Crippen LogP) is 4.04. The van der Waals surface area contributed by atoms with Crippen LogP contribution in [0.4, 0.5) is 11.4 Å². The number of carbonyl (C=O) groups excluding carboxylic acids is 1. The standard InChI is InChI=1S/C18H22N2O/c1-3-13(2)17(14-9-5-4-6-10-14)18(21)20-16-12-8-7-11-15(16)19/h4-13,17H,3,19H2,1-2H3,(H,20,21). The summed E-state index contributed by atoms with van der Waals surface area (Å²) in [7, 11) is 0. The van der Waals surface area contributed by atoms with E-state index in [0.29, 0.717) is 11.4 Å². The lowest BCUT2D eigenvalue weighted by Crippen LogP contribution is -2.26. The van der Waals surface area contributed by atoms with Crippen LogP contribution in [-0.2, 0) is 4.79 Å². The third-order valence-electron chi connectivity index (χ3n) is 3.87. The van der Waals surface area contributed by atoms with E-state index in [9.17, 15) is 4.79 Å². The van der Waals surface area contributed by atoms with Crippen LogP contribution in [0.5, 0.6) is 0 Å². The van der Waals surface area contributed by atoms with Crippen molar-refractivity contribution in [3.63, 3.8) is 0 Å². The van der Waals surface area contributed by atoms with Gasteiger partial charge < -0.3 is 11.1 Å². The molecule has 2 rings (SSSR count). The van der Waals surface area contributed by atoms with Crippen molar-refractivity contribution in [3.8, 4) is 0 Å². The van der Waals surface area contributed by atoms with Gasteiger partial charge in [0.15, 0.2) is 0 Å². The van der Waals surface area contributed by atoms with E-state index in [-0.39, 0.29) is 17.7 Å². The largest absolute Gasteiger partial charge is 0.397 e. The Morgan fingerprint density at radius 1 is 1.10 bits per heavy atom. The highest BCUT2D eigenvalue weighted by Gasteiger charge is 2.26. The number of nitrogens with two attached hydrogens (primary N) is 1. The lowest BCUT2D eigenvalue weighted by Gasteiger charge is -2.23. The monoisotopic (exact) mass is 282 g/mol. The second kappa shape index (κ2) is 6.93. The first-order valence-corrected chi connectivity index (χ1v) is 7.33. The van der Waals surface area contributed by atoms with Crippen LogP contribution in [0.1, 0.15) is 31.7 Å². The van der Waals surface area contributed by atoms with Crippen LogP contribution >= 0.6 is 0 Å². The summed E-state index contributed by atoms with van der Waals surface area (Å²) >= 11 is 0. The van der Waals surface area contributed by atoms with E-state index in [2.05, 4.69) is 19.2 Å². The van der Waals surface area contributed by atoms with Gasteiger partial charge in [-0.15, -0.1) is 0 Å². The molecule has 3 nitrogen and oxygen atoms in total. The molecule has 110 valence electrons. The van der Waals surface area contributed by atoms with Crippen molar-refractivity contribution in [2.24, 2.45) is 5.92 Å². The fraction of sp³-hybridized carbons (Fsp3) is 0.278. The number of para-hydroxylation sites is 2. The SMILES string of the molecule is CCC(C)C(C(=O)Nc1ccccc1N)c1ccccc1. The zero-order valence-corrected chi connectivity index (χ0v) is 12.5. The summed E-state index contributed by atoms with van der Waals surface area (Å²) in [5, 5.41) is 2.96. The molecule has 0 bridgehead atoms. The lowest BCUT2D eigenvalue weighted by atomic mass is 9.85. The molecule has 0 radical (unpaired) electrons. The molecule has 3 N–H and O–H groups in total. The van der Waals surface area contributed by atoms with E-state index in [1.165, 1.54) is 0 Å². The molecule has 0 spiro atoms. The molecular weight excluding hydrogens is 260 g/mol. The van der Waals surface area contributed by atoms with Gasteiger partial charge in [0.25, 0.3) is 0 Å². The maximum atomic E-state index is 12.7. The number of hydrogen-bond donors (Lipinski definition) is 2. The number of carbonyl (C=O) groups is 1. The number of rotatable bonds is 5. The number of amides is 1. The summed E-state index contributed by atoms with van der Waals surface area (Å²) in [6.45, 7) is 4.20. The third kappa shape index (κ3) is 3.63. The van der Waals surface area contributed by atoms with Gasteiger partial charge in [-0.2, -0.15) is 0 Å². The van der Waals surface area contributed by atoms with E-state index in [4.69, 9.17) is 5.73 Å². The highest BCUT2D eigenvalue weighted by atomic mass is 16.1. The average Bonchev–Trinajstić information content (AvgIpc) is 2.50. The topological polar surface area (TPSA) is 55.1 Å². The van der Waals surface area contributed by atoms with Gasteiger partial charge in [0.2, 0.25) is 5.91 Å². The van der Waals surface area contributed by atoms with Crippen molar-refractivity contribution in [2.75, 3.05) is 11.1 Å². The molecule has 2 aromatic carbocycles. The van der Waals surface area contributed by atoms with E-state index >= 15 is 0 Å². The molecule has 3 heteroatoms. The Labute approximate surface area is 126 Å². The minimum absolute atomic E-state index is 0.00606. The van der Waals surface area contributed by atoms with Crippen LogP contribution in [0.3, 0.4) is 0 Å². The Hall–Kier alpha value is -2.29. The Morgan fingerprint density at radius 2 is 1.71 bits per heavy atom. The second-order valence-electron chi connectivity index (χ2n) is 5.35. The second-order valence-corrected chi connectivity index (χ2v) is 5.35. The minimum atomic E-state index is -0.171. The molecule has 0 fully saturated rings. The van der Waals surface area contributed by atoms with E-state index in [0.717, 1.165) is 12.0 Å². The van der Waals surface area contributed by atoms with Gasteiger partial charge in [0.1, 0.15) is 0 Å². The van der Waals surface area contributed by atoms with Crippen LogP contribution in [0.15, 0.2) is 54.6 Å². The highest BCUT2D eigenvalue weighted by molar-refractivity contribution is 5.98. The molecule has 2 unspecified atom stereocenters. The van der Waals surface area contributed by atoms with Crippen molar-refractivity contribution < 1.29 is 4.79 Å². The molecular formula is C18H22N2O. The summed E-state index contributed by atoms with van der Waals surface area (Å²) < 4.78 is 0. The molecule has 21 heavy (non-hydrogen) atoms. The molecule has 0 aliphatic rings. The van der Waals surface area contributed by atoms with Crippen molar-refractivity contribution in [1.29, 1.82) is 0 Å². The number of nitrogens with one attached hydrogen (secondary N) is 1. The molecule has 0 aromatic heterocycles. The molecule has 0 aliphatic carbocycles. The van der Waals surface area contributed by atoms with Gasteiger partial charge in [-0.05, 0) is 23.6 Å². The van der Waals surface area contributed by atoms with Gasteiger partial charge in [-0.3, -0.25) is 4.79 Å². The van der Waals surface area contributed by atoms with Gasteiger partial charge in [-0.25, -0.2) is 0 Å². The maximum Gasteiger partial charge on any atom is 0.232 e. The first kappa shape index (κ1) is 15.1. The molecule has 2 atom stereocenters. The fourth-order valence-electron chi connectivity index (χ4n) is 2.46. The lowest BCUT2D eigenvalue weighted by molar-refractivity contribution is -0.118. The van der Waals surface area contributed by atoms with Crippen molar-refractivity contribution in [3.05, 3.63) is 60.2 Å². The molecule has 0 saturated carbocycles. The van der Waals surface area contributed by atoms with Gasteiger partial charge >= 0.3 is 0 Å². The minimum Gasteiger partial charge on any atom is -0.397 e. The number of hydrogen-bond acceptors (Lipinski definition) is 2. The van der Waals surface area contributed by atoms with Crippen LogP contribution < -0.4 is 11.1 Å². The Bertz CT molecular complexity index is 595. The van der Waals surface area contributed by atoms with Gasteiger partial charge in [0, 0.05) is 0 Å².